The minimum atomic E-state index is 0.126. The number of anilines is 2. The summed E-state index contributed by atoms with van der Waals surface area (Å²) in [4.78, 5) is 12.1. The summed E-state index contributed by atoms with van der Waals surface area (Å²) >= 11 is 1.54. The van der Waals surface area contributed by atoms with Crippen LogP contribution in [0.25, 0.3) is 11.4 Å². The predicted octanol–water partition coefficient (Wildman–Crippen LogP) is 3.10. The third-order valence-corrected chi connectivity index (χ3v) is 5.94. The third-order valence-electron chi connectivity index (χ3n) is 5.00. The number of thioether (sulfide) groups is 1. The van der Waals surface area contributed by atoms with Crippen molar-refractivity contribution in [3.05, 3.63) is 30.1 Å². The van der Waals surface area contributed by atoms with Crippen molar-refractivity contribution in [3.63, 3.8) is 0 Å². The normalized spacial score (nSPS) is 14.8. The first kappa shape index (κ1) is 19.4. The van der Waals surface area contributed by atoms with Crippen LogP contribution in [0.3, 0.4) is 0 Å². The second-order valence-corrected chi connectivity index (χ2v) is 7.90. The van der Waals surface area contributed by atoms with Gasteiger partial charge in [-0.2, -0.15) is 15.0 Å². The maximum atomic E-state index is 5.68. The lowest BCUT2D eigenvalue weighted by atomic mass is 9.95. The van der Waals surface area contributed by atoms with Crippen LogP contribution in [0.2, 0.25) is 0 Å². The van der Waals surface area contributed by atoms with E-state index in [1.54, 1.807) is 7.11 Å². The number of benzene rings is 1. The number of nitrogens with zero attached hydrogens (tertiary/aromatic N) is 6. The molecule has 9 nitrogen and oxygen atoms in total. The van der Waals surface area contributed by atoms with Crippen molar-refractivity contribution >= 4 is 23.7 Å². The number of ether oxygens (including phenoxy) is 1. The van der Waals surface area contributed by atoms with Gasteiger partial charge in [0.15, 0.2) is 11.0 Å². The fourth-order valence-corrected chi connectivity index (χ4v) is 4.49. The Balaban J connectivity index is 1.64. The lowest BCUT2D eigenvalue weighted by Gasteiger charge is -2.25. The van der Waals surface area contributed by atoms with Crippen LogP contribution in [0, 0.1) is 0 Å². The number of hydrogen-bond acceptors (Lipinski definition) is 9. The van der Waals surface area contributed by atoms with E-state index in [-0.39, 0.29) is 11.9 Å². The van der Waals surface area contributed by atoms with Gasteiger partial charge in [0.2, 0.25) is 11.9 Å². The van der Waals surface area contributed by atoms with Gasteiger partial charge < -0.3 is 16.2 Å². The van der Waals surface area contributed by atoms with Gasteiger partial charge in [-0.25, -0.2) is 0 Å². The van der Waals surface area contributed by atoms with Crippen molar-refractivity contribution in [2.45, 2.75) is 49.1 Å². The first-order chi connectivity index (χ1) is 14.1. The monoisotopic (exact) mass is 412 g/mol. The van der Waals surface area contributed by atoms with Gasteiger partial charge in [0.25, 0.3) is 0 Å². The quantitative estimate of drug-likeness (QED) is 0.586. The molecular weight excluding hydrogens is 388 g/mol. The largest absolute Gasteiger partial charge is 0.497 e. The molecule has 2 heterocycles. The topological polar surface area (TPSA) is 131 Å². The summed E-state index contributed by atoms with van der Waals surface area (Å²) < 4.78 is 7.54. The molecular formula is C19H24N8OS. The molecule has 0 saturated heterocycles. The lowest BCUT2D eigenvalue weighted by molar-refractivity contribution is 0.339. The zero-order valence-electron chi connectivity index (χ0n) is 16.3. The summed E-state index contributed by atoms with van der Waals surface area (Å²) in [6.45, 7) is 0. The van der Waals surface area contributed by atoms with Crippen molar-refractivity contribution < 1.29 is 4.74 Å². The molecule has 1 aromatic carbocycles. The van der Waals surface area contributed by atoms with E-state index in [4.69, 9.17) is 16.2 Å². The van der Waals surface area contributed by atoms with Crippen LogP contribution >= 0.6 is 11.8 Å². The molecule has 0 aliphatic heterocycles. The molecule has 10 heteroatoms. The Labute approximate surface area is 173 Å². The van der Waals surface area contributed by atoms with Crippen molar-refractivity contribution in [2.24, 2.45) is 0 Å². The summed E-state index contributed by atoms with van der Waals surface area (Å²) in [6, 6.07) is 8.30. The Bertz CT molecular complexity index is 949. The molecule has 1 aliphatic carbocycles. The molecule has 1 aliphatic rings. The fraction of sp³-hybridized carbons (Fsp3) is 0.421. The highest BCUT2D eigenvalue weighted by Crippen LogP contribution is 2.36. The summed E-state index contributed by atoms with van der Waals surface area (Å²) in [5.41, 5.74) is 12.4. The van der Waals surface area contributed by atoms with Gasteiger partial charge in [0.1, 0.15) is 11.6 Å². The minimum Gasteiger partial charge on any atom is -0.497 e. The molecule has 4 rings (SSSR count). The average Bonchev–Trinajstić information content (AvgIpc) is 3.16. The molecule has 3 aromatic rings. The molecule has 0 unspecified atom stereocenters. The number of methoxy groups -OCH3 is 1. The highest BCUT2D eigenvalue weighted by Gasteiger charge is 2.24. The van der Waals surface area contributed by atoms with Crippen LogP contribution < -0.4 is 16.2 Å². The molecule has 29 heavy (non-hydrogen) atoms. The number of nitrogen functional groups attached to an aromatic ring is 2. The standard InChI is InChI=1S/C19H24N8OS/c1-28-14-9-7-12(8-10-14)16-25-26-19(27(16)13-5-3-2-4-6-13)29-11-15-22-17(20)24-18(21)23-15/h7-10,13H,2-6,11H2,1H3,(H4,20,21,22,23,24). The van der Waals surface area contributed by atoms with E-state index in [1.807, 2.05) is 24.3 Å². The van der Waals surface area contributed by atoms with E-state index in [9.17, 15) is 0 Å². The van der Waals surface area contributed by atoms with E-state index < -0.39 is 0 Å². The van der Waals surface area contributed by atoms with Gasteiger partial charge in [-0.1, -0.05) is 31.0 Å². The van der Waals surface area contributed by atoms with Gasteiger partial charge >= 0.3 is 0 Å². The van der Waals surface area contributed by atoms with Crippen molar-refractivity contribution in [1.82, 2.24) is 29.7 Å². The van der Waals surface area contributed by atoms with E-state index in [0.717, 1.165) is 35.1 Å². The number of nitrogens with two attached hydrogens (primary N) is 2. The highest BCUT2D eigenvalue weighted by atomic mass is 32.2. The lowest BCUT2D eigenvalue weighted by Crippen LogP contribution is -2.15. The van der Waals surface area contributed by atoms with Crippen molar-refractivity contribution in [3.8, 4) is 17.1 Å². The van der Waals surface area contributed by atoms with Gasteiger partial charge in [-0.3, -0.25) is 4.57 Å². The average molecular weight is 413 g/mol. The third kappa shape index (κ3) is 4.42. The van der Waals surface area contributed by atoms with Crippen LogP contribution in [-0.2, 0) is 5.75 Å². The predicted molar refractivity (Wildman–Crippen MR) is 112 cm³/mol. The molecule has 1 saturated carbocycles. The Kier molecular flexibility index (Phi) is 5.79. The zero-order chi connectivity index (χ0) is 20.2. The van der Waals surface area contributed by atoms with Gasteiger partial charge in [0, 0.05) is 11.6 Å². The second-order valence-electron chi connectivity index (χ2n) is 6.95. The molecule has 0 spiro atoms. The van der Waals surface area contributed by atoms with Crippen LogP contribution in [0.5, 0.6) is 5.75 Å². The molecule has 0 bridgehead atoms. The summed E-state index contributed by atoms with van der Waals surface area (Å²) in [5.74, 6) is 2.96. The summed E-state index contributed by atoms with van der Waals surface area (Å²) in [7, 11) is 1.66. The van der Waals surface area contributed by atoms with Crippen LogP contribution in [0.1, 0.15) is 44.0 Å². The zero-order valence-corrected chi connectivity index (χ0v) is 17.1. The first-order valence-electron chi connectivity index (χ1n) is 9.62. The van der Waals surface area contributed by atoms with Crippen LogP contribution in [-0.4, -0.2) is 36.8 Å². The highest BCUT2D eigenvalue weighted by molar-refractivity contribution is 7.98. The molecule has 2 aromatic heterocycles. The summed E-state index contributed by atoms with van der Waals surface area (Å²) in [6.07, 6.45) is 5.97. The van der Waals surface area contributed by atoms with Crippen LogP contribution in [0.4, 0.5) is 11.9 Å². The van der Waals surface area contributed by atoms with E-state index in [2.05, 4.69) is 29.7 Å². The van der Waals surface area contributed by atoms with Gasteiger partial charge in [-0.15, -0.1) is 10.2 Å². The molecule has 4 N–H and O–H groups in total. The summed E-state index contributed by atoms with van der Waals surface area (Å²) in [5, 5.41) is 9.84. The number of rotatable bonds is 6. The van der Waals surface area contributed by atoms with Crippen LogP contribution in [0.15, 0.2) is 29.4 Å². The van der Waals surface area contributed by atoms with Crippen molar-refractivity contribution in [2.75, 3.05) is 18.6 Å². The molecule has 0 amide bonds. The van der Waals surface area contributed by atoms with E-state index in [0.29, 0.717) is 17.6 Å². The fourth-order valence-electron chi connectivity index (χ4n) is 3.63. The maximum absolute atomic E-state index is 5.68. The molecule has 0 atom stereocenters. The smallest absolute Gasteiger partial charge is 0.225 e. The Morgan fingerprint density at radius 1 is 1.00 bits per heavy atom. The SMILES string of the molecule is COc1ccc(-c2nnc(SCc3nc(N)nc(N)n3)n2C2CCCCC2)cc1. The molecule has 1 fully saturated rings. The van der Waals surface area contributed by atoms with E-state index in [1.165, 1.54) is 31.0 Å². The minimum absolute atomic E-state index is 0.126. The Morgan fingerprint density at radius 2 is 1.69 bits per heavy atom. The Morgan fingerprint density at radius 3 is 2.34 bits per heavy atom. The Hall–Kier alpha value is -2.88. The number of aromatic nitrogens is 6. The first-order valence-corrected chi connectivity index (χ1v) is 10.6. The van der Waals surface area contributed by atoms with Gasteiger partial charge in [-0.05, 0) is 37.1 Å². The van der Waals surface area contributed by atoms with E-state index >= 15 is 0 Å². The van der Waals surface area contributed by atoms with Crippen molar-refractivity contribution in [1.29, 1.82) is 0 Å². The van der Waals surface area contributed by atoms with Gasteiger partial charge in [0.05, 0.1) is 12.9 Å². The number of hydrogen-bond donors (Lipinski definition) is 2. The second kappa shape index (κ2) is 8.64. The molecule has 152 valence electrons. The molecule has 0 radical (unpaired) electrons. The maximum Gasteiger partial charge on any atom is 0.225 e.